The number of carbonyl (C=O) groups excluding carboxylic acids is 1. The first-order valence-electron chi connectivity index (χ1n) is 10.6. The smallest absolute Gasteiger partial charge is 0.362 e. The molecule has 9 heteroatoms. The van der Waals surface area contributed by atoms with Gasteiger partial charge in [-0.1, -0.05) is 13.8 Å². The molecule has 3 atom stereocenters. The normalized spacial score (nSPS) is 14.3. The average Bonchev–Trinajstić information content (AvgIpc) is 2.78. The van der Waals surface area contributed by atoms with Gasteiger partial charge < -0.3 is 28.3 Å². The first-order chi connectivity index (χ1) is 15.3. The maximum atomic E-state index is 13.3. The minimum absolute atomic E-state index is 0.0511. The average molecular weight is 451 g/mol. The van der Waals surface area contributed by atoms with Gasteiger partial charge in [-0.2, -0.15) is 0 Å². The van der Waals surface area contributed by atoms with E-state index < -0.39 is 17.6 Å². The third-order valence-corrected chi connectivity index (χ3v) is 5.68. The molecular formula is C23H34N2O7. The lowest BCUT2D eigenvalue weighted by molar-refractivity contribution is -0.143. The quantitative estimate of drug-likeness (QED) is 0.360. The van der Waals surface area contributed by atoms with E-state index in [2.05, 4.69) is 4.98 Å². The molecule has 0 saturated carbocycles. The van der Waals surface area contributed by atoms with Gasteiger partial charge in [0.1, 0.15) is 13.6 Å². The van der Waals surface area contributed by atoms with Crippen LogP contribution in [0.4, 0.5) is 0 Å². The summed E-state index contributed by atoms with van der Waals surface area (Å²) in [6, 6.07) is 3.76. The summed E-state index contributed by atoms with van der Waals surface area (Å²) in [6.07, 6.45) is 0.131. The van der Waals surface area contributed by atoms with Crippen molar-refractivity contribution >= 4 is 17.0 Å². The molecule has 0 saturated heterocycles. The summed E-state index contributed by atoms with van der Waals surface area (Å²) in [5.74, 6) is -0.880. The van der Waals surface area contributed by atoms with Crippen LogP contribution in [-0.2, 0) is 30.2 Å². The Hall–Kier alpha value is -2.33. The van der Waals surface area contributed by atoms with Crippen molar-refractivity contribution in [3.63, 3.8) is 0 Å². The molecule has 0 aliphatic rings. The van der Waals surface area contributed by atoms with E-state index in [4.69, 9.17) is 23.7 Å². The molecule has 0 aliphatic carbocycles. The maximum absolute atomic E-state index is 13.3. The number of benzene rings is 1. The van der Waals surface area contributed by atoms with Gasteiger partial charge in [-0.15, -0.1) is 0 Å². The summed E-state index contributed by atoms with van der Waals surface area (Å²) in [6.45, 7) is 8.31. The number of ether oxygens (including phenoxy) is 5. The van der Waals surface area contributed by atoms with Crippen molar-refractivity contribution in [1.82, 2.24) is 9.55 Å². The Morgan fingerprint density at radius 2 is 1.62 bits per heavy atom. The number of hydrogen-bond acceptors (Lipinski definition) is 8. The van der Waals surface area contributed by atoms with E-state index in [-0.39, 0.29) is 37.8 Å². The fraction of sp³-hybridized carbons (Fsp3) is 0.609. The summed E-state index contributed by atoms with van der Waals surface area (Å²) < 4.78 is 28.3. The van der Waals surface area contributed by atoms with Crippen LogP contribution in [0.3, 0.4) is 0 Å². The molecule has 0 N–H and O–H groups in total. The maximum Gasteiger partial charge on any atom is 0.362 e. The number of fused-ring (bicyclic) bond motifs is 1. The third-order valence-electron chi connectivity index (χ3n) is 5.68. The van der Waals surface area contributed by atoms with Gasteiger partial charge in [0.25, 0.3) is 5.56 Å². The van der Waals surface area contributed by atoms with E-state index in [1.165, 1.54) is 18.8 Å². The van der Waals surface area contributed by atoms with Gasteiger partial charge in [-0.3, -0.25) is 4.79 Å². The highest BCUT2D eigenvalue weighted by Crippen LogP contribution is 2.23. The number of hydrogen-bond donors (Lipinski definition) is 0. The lowest BCUT2D eigenvalue weighted by Gasteiger charge is -2.31. The van der Waals surface area contributed by atoms with Crippen molar-refractivity contribution in [2.45, 2.75) is 52.9 Å². The minimum Gasteiger partial charge on any atom is -0.464 e. The van der Waals surface area contributed by atoms with Crippen LogP contribution in [0.15, 0.2) is 16.9 Å². The molecule has 0 fully saturated rings. The minimum atomic E-state index is -0.777. The van der Waals surface area contributed by atoms with Crippen LogP contribution in [0.1, 0.15) is 41.9 Å². The lowest BCUT2D eigenvalue weighted by Crippen LogP contribution is -2.40. The number of esters is 1. The van der Waals surface area contributed by atoms with E-state index in [9.17, 15) is 9.59 Å². The van der Waals surface area contributed by atoms with Gasteiger partial charge >= 0.3 is 5.97 Å². The number of aryl methyl sites for hydroxylation is 2. The van der Waals surface area contributed by atoms with Crippen molar-refractivity contribution in [3.05, 3.63) is 39.3 Å². The molecule has 2 rings (SSSR count). The van der Waals surface area contributed by atoms with Crippen LogP contribution < -0.4 is 5.56 Å². The Bertz CT molecular complexity index is 973. The fourth-order valence-corrected chi connectivity index (χ4v) is 3.65. The van der Waals surface area contributed by atoms with Crippen LogP contribution in [-0.4, -0.2) is 62.6 Å². The van der Waals surface area contributed by atoms with Crippen molar-refractivity contribution in [1.29, 1.82) is 0 Å². The Balaban J connectivity index is 2.60. The van der Waals surface area contributed by atoms with Crippen LogP contribution in [0.25, 0.3) is 11.0 Å². The molecule has 0 radical (unpaired) electrons. The second kappa shape index (κ2) is 12.1. The second-order valence-corrected chi connectivity index (χ2v) is 7.78. The van der Waals surface area contributed by atoms with Gasteiger partial charge in [0, 0.05) is 20.1 Å². The standard InChI is InChI=1S/C23H34N2O7/c1-8-19(31-12-28-5)16(4)20(32-13-29-6)11-25-18-10-15(3)14(2)9-17(18)24-21(22(25)26)23(27)30-7/h9-10,16,19-20H,8,11-13H2,1-7H3/t16-,19-,20+/m1/s1. The second-order valence-electron chi connectivity index (χ2n) is 7.78. The van der Waals surface area contributed by atoms with Crippen molar-refractivity contribution in [3.8, 4) is 0 Å². The fourth-order valence-electron chi connectivity index (χ4n) is 3.65. The number of rotatable bonds is 12. The molecule has 0 aliphatic heterocycles. The van der Waals surface area contributed by atoms with E-state index >= 15 is 0 Å². The van der Waals surface area contributed by atoms with Crippen LogP contribution in [0.5, 0.6) is 0 Å². The molecule has 178 valence electrons. The molecule has 1 heterocycles. The van der Waals surface area contributed by atoms with Crippen LogP contribution >= 0.6 is 0 Å². The zero-order valence-electron chi connectivity index (χ0n) is 20.0. The van der Waals surface area contributed by atoms with E-state index in [1.54, 1.807) is 7.11 Å². The van der Waals surface area contributed by atoms with Crippen molar-refractivity contribution in [2.75, 3.05) is 34.9 Å². The highest BCUT2D eigenvalue weighted by atomic mass is 16.7. The molecule has 1 aromatic heterocycles. The summed E-state index contributed by atoms with van der Waals surface area (Å²) in [7, 11) is 4.33. The SMILES string of the molecule is CC[C@@H](OCOC)[C@@H](C)[C@H](Cn1c(=O)c(C(=O)OC)nc2cc(C)c(C)cc21)OCOC. The monoisotopic (exact) mass is 450 g/mol. The number of nitrogens with zero attached hydrogens (tertiary/aromatic N) is 2. The van der Waals surface area contributed by atoms with Crippen molar-refractivity contribution < 1.29 is 28.5 Å². The topological polar surface area (TPSA) is 98.1 Å². The van der Waals surface area contributed by atoms with Gasteiger partial charge in [-0.25, -0.2) is 9.78 Å². The van der Waals surface area contributed by atoms with Crippen molar-refractivity contribution in [2.24, 2.45) is 5.92 Å². The third kappa shape index (κ3) is 5.92. The molecule has 0 bridgehead atoms. The molecule has 0 unspecified atom stereocenters. The van der Waals surface area contributed by atoms with Crippen LogP contribution in [0.2, 0.25) is 0 Å². The van der Waals surface area contributed by atoms with E-state index in [0.29, 0.717) is 11.0 Å². The van der Waals surface area contributed by atoms with Crippen LogP contribution in [0, 0.1) is 19.8 Å². The number of methoxy groups -OCH3 is 3. The summed E-state index contributed by atoms with van der Waals surface area (Å²) in [4.78, 5) is 29.8. The lowest BCUT2D eigenvalue weighted by atomic mass is 9.95. The van der Waals surface area contributed by atoms with Gasteiger partial charge in [0.15, 0.2) is 0 Å². The molecule has 9 nitrogen and oxygen atoms in total. The Labute approximate surface area is 188 Å². The highest BCUT2D eigenvalue weighted by molar-refractivity contribution is 5.89. The van der Waals surface area contributed by atoms with Gasteiger partial charge in [-0.05, 0) is 43.5 Å². The zero-order chi connectivity index (χ0) is 23.8. The molecule has 32 heavy (non-hydrogen) atoms. The number of aromatic nitrogens is 2. The predicted octanol–water partition coefficient (Wildman–Crippen LogP) is 2.82. The molecule has 0 amide bonds. The Morgan fingerprint density at radius 3 is 2.19 bits per heavy atom. The van der Waals surface area contributed by atoms with Gasteiger partial charge in [0.05, 0.1) is 36.9 Å². The first-order valence-corrected chi connectivity index (χ1v) is 10.6. The number of carbonyl (C=O) groups is 1. The highest BCUT2D eigenvalue weighted by Gasteiger charge is 2.29. The first kappa shape index (κ1) is 25.9. The summed E-state index contributed by atoms with van der Waals surface area (Å²) in [5.41, 5.74) is 2.38. The summed E-state index contributed by atoms with van der Waals surface area (Å²) in [5, 5.41) is 0. The molecular weight excluding hydrogens is 416 g/mol. The largest absolute Gasteiger partial charge is 0.464 e. The summed E-state index contributed by atoms with van der Waals surface area (Å²) >= 11 is 0. The molecule has 2 aromatic rings. The molecule has 0 spiro atoms. The van der Waals surface area contributed by atoms with E-state index in [0.717, 1.165) is 17.5 Å². The Kier molecular flexibility index (Phi) is 9.77. The zero-order valence-corrected chi connectivity index (χ0v) is 20.0. The van der Waals surface area contributed by atoms with Gasteiger partial charge in [0.2, 0.25) is 5.69 Å². The Morgan fingerprint density at radius 1 is 1.03 bits per heavy atom. The van der Waals surface area contributed by atoms with E-state index in [1.807, 2.05) is 39.8 Å². The predicted molar refractivity (Wildman–Crippen MR) is 120 cm³/mol. The molecule has 1 aromatic carbocycles.